The van der Waals surface area contributed by atoms with Gasteiger partial charge < -0.3 is 14.8 Å². The quantitative estimate of drug-likeness (QED) is 0.425. The zero-order valence-electron chi connectivity index (χ0n) is 17.2. The summed E-state index contributed by atoms with van der Waals surface area (Å²) in [7, 11) is 1.60. The van der Waals surface area contributed by atoms with E-state index in [0.29, 0.717) is 34.6 Å². The average molecular weight is 456 g/mol. The fourth-order valence-electron chi connectivity index (χ4n) is 3.56. The fraction of sp³-hybridized carbons (Fsp3) is 0.261. The molecule has 1 N–H and O–H groups in total. The first-order valence-corrected chi connectivity index (χ1v) is 11.4. The third-order valence-electron chi connectivity index (χ3n) is 5.03. The summed E-state index contributed by atoms with van der Waals surface area (Å²) in [4.78, 5) is 21.2. The number of para-hydroxylation sites is 1. The van der Waals surface area contributed by atoms with Gasteiger partial charge in [-0.05, 0) is 30.5 Å². The lowest BCUT2D eigenvalue weighted by atomic mass is 10.0. The lowest BCUT2D eigenvalue weighted by molar-refractivity contribution is -0.120. The van der Waals surface area contributed by atoms with Gasteiger partial charge in [-0.15, -0.1) is 0 Å². The highest BCUT2D eigenvalue weighted by molar-refractivity contribution is 7.98. The van der Waals surface area contributed by atoms with Crippen molar-refractivity contribution >= 4 is 29.3 Å². The van der Waals surface area contributed by atoms with Crippen LogP contribution in [0.2, 0.25) is 5.02 Å². The molecule has 8 heteroatoms. The molecular formula is C23H22ClN3O3S. The predicted octanol–water partition coefficient (Wildman–Crippen LogP) is 4.19. The second-order valence-electron chi connectivity index (χ2n) is 7.11. The van der Waals surface area contributed by atoms with E-state index in [2.05, 4.69) is 15.3 Å². The van der Waals surface area contributed by atoms with Crippen LogP contribution in [0.4, 0.5) is 0 Å². The summed E-state index contributed by atoms with van der Waals surface area (Å²) < 4.78 is 11.3. The molecule has 1 amide bonds. The third kappa shape index (κ3) is 4.94. The van der Waals surface area contributed by atoms with Gasteiger partial charge >= 0.3 is 0 Å². The van der Waals surface area contributed by atoms with E-state index < -0.39 is 0 Å². The molecule has 0 fully saturated rings. The topological polar surface area (TPSA) is 73.3 Å². The molecule has 2 heterocycles. The number of ether oxygens (including phenoxy) is 2. The van der Waals surface area contributed by atoms with E-state index in [1.165, 1.54) is 11.8 Å². The van der Waals surface area contributed by atoms with Gasteiger partial charge in [0.15, 0.2) is 5.16 Å². The number of hydrogen-bond donors (Lipinski definition) is 1. The van der Waals surface area contributed by atoms with Gasteiger partial charge in [-0.2, -0.15) is 0 Å². The Balaban J connectivity index is 1.40. The van der Waals surface area contributed by atoms with Gasteiger partial charge in [-0.1, -0.05) is 41.6 Å². The number of thioether (sulfide) groups is 1. The van der Waals surface area contributed by atoms with Gasteiger partial charge in [0.2, 0.25) is 5.91 Å². The lowest BCUT2D eigenvalue weighted by Gasteiger charge is -2.13. The van der Waals surface area contributed by atoms with Crippen molar-refractivity contribution in [2.45, 2.75) is 24.1 Å². The van der Waals surface area contributed by atoms with Crippen molar-refractivity contribution in [3.63, 3.8) is 0 Å². The van der Waals surface area contributed by atoms with Crippen molar-refractivity contribution in [3.8, 4) is 22.8 Å². The van der Waals surface area contributed by atoms with Crippen LogP contribution < -0.4 is 14.8 Å². The van der Waals surface area contributed by atoms with Crippen molar-refractivity contribution in [2.24, 2.45) is 0 Å². The molecular weight excluding hydrogens is 434 g/mol. The molecule has 0 spiro atoms. The van der Waals surface area contributed by atoms with E-state index in [0.717, 1.165) is 22.4 Å². The lowest BCUT2D eigenvalue weighted by Crippen LogP contribution is -2.35. The Morgan fingerprint density at radius 1 is 1.32 bits per heavy atom. The second kappa shape index (κ2) is 9.58. The molecule has 160 valence electrons. The first kappa shape index (κ1) is 21.5. The molecule has 1 aromatic heterocycles. The van der Waals surface area contributed by atoms with Crippen LogP contribution in [0.25, 0.3) is 11.3 Å². The molecule has 31 heavy (non-hydrogen) atoms. The Morgan fingerprint density at radius 3 is 2.97 bits per heavy atom. The highest BCUT2D eigenvalue weighted by Gasteiger charge is 2.26. The van der Waals surface area contributed by atoms with Gasteiger partial charge in [0.05, 0.1) is 30.8 Å². The molecule has 1 aliphatic rings. The van der Waals surface area contributed by atoms with Gasteiger partial charge in [-0.25, -0.2) is 9.97 Å². The number of benzene rings is 2. The Labute approximate surface area is 190 Å². The highest BCUT2D eigenvalue weighted by atomic mass is 35.5. The number of methoxy groups -OCH3 is 1. The van der Waals surface area contributed by atoms with Crippen molar-refractivity contribution < 1.29 is 14.3 Å². The van der Waals surface area contributed by atoms with Crippen molar-refractivity contribution in [3.05, 3.63) is 64.8 Å². The summed E-state index contributed by atoms with van der Waals surface area (Å²) in [5.74, 6) is 1.30. The van der Waals surface area contributed by atoms with Gasteiger partial charge in [0, 0.05) is 29.3 Å². The van der Waals surface area contributed by atoms with Crippen LogP contribution in [0.5, 0.6) is 11.5 Å². The summed E-state index contributed by atoms with van der Waals surface area (Å²) in [6.07, 6.45) is 4.43. The number of amides is 1. The zero-order chi connectivity index (χ0) is 21.8. The molecule has 3 aromatic rings. The molecule has 0 saturated heterocycles. The molecule has 1 atom stereocenters. The van der Waals surface area contributed by atoms with E-state index in [1.807, 2.05) is 48.7 Å². The normalized spacial score (nSPS) is 14.6. The number of hydrogen-bond acceptors (Lipinski definition) is 6. The van der Waals surface area contributed by atoms with Gasteiger partial charge in [0.25, 0.3) is 0 Å². The SMILES string of the molecule is COc1ccccc1CC(=O)NCC1Cc2cc(-c3ccnc(SC)n3)cc(Cl)c2O1. The maximum atomic E-state index is 12.4. The standard InChI is InChI=1S/C23H22ClN3O3S/c1-29-20-6-4-3-5-14(20)12-21(28)26-13-17-10-16-9-15(11-18(24)22(16)30-17)19-7-8-25-23(27-19)31-2/h3-9,11,17H,10,12-13H2,1-2H3,(H,26,28). The van der Waals surface area contributed by atoms with Crippen molar-refractivity contribution in [1.82, 2.24) is 15.3 Å². The van der Waals surface area contributed by atoms with Crippen LogP contribution in [0.15, 0.2) is 53.8 Å². The van der Waals surface area contributed by atoms with Gasteiger partial charge in [-0.3, -0.25) is 4.79 Å². The molecule has 4 rings (SSSR count). The average Bonchev–Trinajstić information content (AvgIpc) is 3.22. The number of nitrogens with zero attached hydrogens (tertiary/aromatic N) is 2. The van der Waals surface area contributed by atoms with Crippen LogP contribution in [-0.4, -0.2) is 41.9 Å². The van der Waals surface area contributed by atoms with Gasteiger partial charge in [0.1, 0.15) is 17.6 Å². The van der Waals surface area contributed by atoms with E-state index in [1.54, 1.807) is 13.3 Å². The number of carbonyl (C=O) groups excluding carboxylic acids is 1. The van der Waals surface area contributed by atoms with Crippen LogP contribution in [0.1, 0.15) is 11.1 Å². The molecule has 0 saturated carbocycles. The number of fused-ring (bicyclic) bond motifs is 1. The largest absolute Gasteiger partial charge is 0.496 e. The van der Waals surface area contributed by atoms with Crippen LogP contribution >= 0.6 is 23.4 Å². The van der Waals surface area contributed by atoms with Crippen LogP contribution in [0, 0.1) is 0 Å². The molecule has 1 unspecified atom stereocenters. The highest BCUT2D eigenvalue weighted by Crippen LogP contribution is 2.39. The number of rotatable bonds is 7. The summed E-state index contributed by atoms with van der Waals surface area (Å²) in [6, 6.07) is 13.3. The first-order valence-electron chi connectivity index (χ1n) is 9.82. The Bertz CT molecular complexity index is 1110. The summed E-state index contributed by atoms with van der Waals surface area (Å²) >= 11 is 7.98. The number of nitrogens with one attached hydrogen (secondary N) is 1. The number of aromatic nitrogens is 2. The van der Waals surface area contributed by atoms with E-state index in [9.17, 15) is 4.79 Å². The molecule has 6 nitrogen and oxygen atoms in total. The molecule has 0 bridgehead atoms. The summed E-state index contributed by atoms with van der Waals surface area (Å²) in [6.45, 7) is 0.401. The van der Waals surface area contributed by atoms with Crippen molar-refractivity contribution in [1.29, 1.82) is 0 Å². The first-order chi connectivity index (χ1) is 15.1. The number of halogens is 1. The second-order valence-corrected chi connectivity index (χ2v) is 8.29. The number of carbonyl (C=O) groups is 1. The summed E-state index contributed by atoms with van der Waals surface area (Å²) in [5, 5.41) is 4.20. The summed E-state index contributed by atoms with van der Waals surface area (Å²) in [5.41, 5.74) is 3.60. The smallest absolute Gasteiger partial charge is 0.224 e. The minimum Gasteiger partial charge on any atom is -0.496 e. The van der Waals surface area contributed by atoms with E-state index >= 15 is 0 Å². The zero-order valence-corrected chi connectivity index (χ0v) is 18.8. The van der Waals surface area contributed by atoms with E-state index in [-0.39, 0.29) is 18.4 Å². The van der Waals surface area contributed by atoms with Crippen LogP contribution in [0.3, 0.4) is 0 Å². The maximum absolute atomic E-state index is 12.4. The predicted molar refractivity (Wildman–Crippen MR) is 122 cm³/mol. The minimum atomic E-state index is -0.170. The van der Waals surface area contributed by atoms with Crippen LogP contribution in [-0.2, 0) is 17.6 Å². The maximum Gasteiger partial charge on any atom is 0.224 e. The minimum absolute atomic E-state index is 0.0820. The Morgan fingerprint density at radius 2 is 2.16 bits per heavy atom. The van der Waals surface area contributed by atoms with Crippen molar-refractivity contribution in [2.75, 3.05) is 19.9 Å². The Kier molecular flexibility index (Phi) is 6.63. The molecule has 1 aliphatic heterocycles. The fourth-order valence-corrected chi connectivity index (χ4v) is 4.20. The van der Waals surface area contributed by atoms with E-state index in [4.69, 9.17) is 21.1 Å². The monoisotopic (exact) mass is 455 g/mol. The Hall–Kier alpha value is -2.77. The molecule has 0 radical (unpaired) electrons. The molecule has 2 aromatic carbocycles. The third-order valence-corrected chi connectivity index (χ3v) is 5.88. The molecule has 0 aliphatic carbocycles.